The Hall–Kier alpha value is -1.02. The topological polar surface area (TPSA) is 15.3 Å². The highest BCUT2D eigenvalue weighted by atomic mass is 15.4. The van der Waals surface area contributed by atoms with Crippen LogP contribution in [-0.4, -0.2) is 22.6 Å². The van der Waals surface area contributed by atoms with Crippen LogP contribution in [0.3, 0.4) is 0 Å². The third-order valence-electron chi connectivity index (χ3n) is 4.55. The molecule has 0 bridgehead atoms. The molecule has 0 spiro atoms. The van der Waals surface area contributed by atoms with Crippen LogP contribution in [0.1, 0.15) is 45.6 Å². The lowest BCUT2D eigenvalue weighted by molar-refractivity contribution is 0.102. The standard InChI is InChI=1S/C15H22N2/c1-10(2)17-11(3)9-13-12-7-5-6-8-14(12)16-15(13,17)4/h5-8,10-11,13,16H,9H2,1-4H3. The molecule has 3 rings (SSSR count). The minimum atomic E-state index is 0.108. The molecule has 1 N–H and O–H groups in total. The molecule has 2 aliphatic rings. The first kappa shape index (κ1) is 11.1. The minimum absolute atomic E-state index is 0.108. The predicted molar refractivity (Wildman–Crippen MR) is 72.3 cm³/mol. The van der Waals surface area contributed by atoms with Gasteiger partial charge in [-0.25, -0.2) is 0 Å². The van der Waals surface area contributed by atoms with Crippen LogP contribution in [0.25, 0.3) is 0 Å². The van der Waals surface area contributed by atoms with Gasteiger partial charge >= 0.3 is 0 Å². The van der Waals surface area contributed by atoms with Gasteiger partial charge in [-0.05, 0) is 45.7 Å². The third kappa shape index (κ3) is 1.37. The van der Waals surface area contributed by atoms with E-state index in [1.54, 1.807) is 0 Å². The Morgan fingerprint density at radius 2 is 2.06 bits per heavy atom. The molecule has 17 heavy (non-hydrogen) atoms. The van der Waals surface area contributed by atoms with Crippen LogP contribution in [0.5, 0.6) is 0 Å². The van der Waals surface area contributed by atoms with Crippen molar-refractivity contribution in [3.05, 3.63) is 29.8 Å². The number of likely N-dealkylation sites (tertiary alicyclic amines) is 1. The molecule has 92 valence electrons. The van der Waals surface area contributed by atoms with Crippen molar-refractivity contribution in [2.75, 3.05) is 5.32 Å². The highest BCUT2D eigenvalue weighted by Gasteiger charge is 2.54. The number of nitrogens with zero attached hydrogens (tertiary/aromatic N) is 1. The maximum Gasteiger partial charge on any atom is 0.0953 e. The van der Waals surface area contributed by atoms with Crippen molar-refractivity contribution >= 4 is 5.69 Å². The summed E-state index contributed by atoms with van der Waals surface area (Å²) in [7, 11) is 0. The van der Waals surface area contributed by atoms with Gasteiger partial charge in [0.05, 0.1) is 5.66 Å². The quantitative estimate of drug-likeness (QED) is 0.795. The van der Waals surface area contributed by atoms with Crippen LogP contribution < -0.4 is 5.32 Å². The first-order valence-corrected chi connectivity index (χ1v) is 6.69. The van der Waals surface area contributed by atoms with E-state index in [9.17, 15) is 0 Å². The molecule has 1 aromatic rings. The summed E-state index contributed by atoms with van der Waals surface area (Å²) in [5.41, 5.74) is 2.94. The fourth-order valence-corrected chi connectivity index (χ4v) is 4.14. The van der Waals surface area contributed by atoms with E-state index in [1.807, 2.05) is 0 Å². The molecule has 0 radical (unpaired) electrons. The van der Waals surface area contributed by atoms with Crippen LogP contribution in [0.15, 0.2) is 24.3 Å². The molecule has 3 unspecified atom stereocenters. The van der Waals surface area contributed by atoms with Gasteiger partial charge in [-0.1, -0.05) is 18.2 Å². The van der Waals surface area contributed by atoms with E-state index >= 15 is 0 Å². The molecule has 2 aliphatic heterocycles. The molecule has 3 atom stereocenters. The number of benzene rings is 1. The fourth-order valence-electron chi connectivity index (χ4n) is 4.14. The lowest BCUT2D eigenvalue weighted by Gasteiger charge is -2.41. The summed E-state index contributed by atoms with van der Waals surface area (Å²) in [4.78, 5) is 2.64. The zero-order valence-electron chi connectivity index (χ0n) is 11.2. The van der Waals surface area contributed by atoms with Crippen molar-refractivity contribution in [2.24, 2.45) is 0 Å². The van der Waals surface area contributed by atoms with E-state index in [2.05, 4.69) is 62.2 Å². The smallest absolute Gasteiger partial charge is 0.0953 e. The van der Waals surface area contributed by atoms with Gasteiger partial charge in [0.15, 0.2) is 0 Å². The van der Waals surface area contributed by atoms with E-state index in [0.717, 1.165) is 0 Å². The Morgan fingerprint density at radius 1 is 1.35 bits per heavy atom. The van der Waals surface area contributed by atoms with E-state index in [-0.39, 0.29) is 5.66 Å². The number of hydrogen-bond acceptors (Lipinski definition) is 2. The third-order valence-corrected chi connectivity index (χ3v) is 4.55. The number of hydrogen-bond donors (Lipinski definition) is 1. The molecule has 0 saturated carbocycles. The van der Waals surface area contributed by atoms with E-state index < -0.39 is 0 Å². The summed E-state index contributed by atoms with van der Waals surface area (Å²) >= 11 is 0. The maximum absolute atomic E-state index is 3.76. The molecule has 1 aromatic carbocycles. The maximum atomic E-state index is 3.76. The molecule has 0 aliphatic carbocycles. The number of fused-ring (bicyclic) bond motifs is 3. The summed E-state index contributed by atoms with van der Waals surface area (Å²) in [6, 6.07) is 10.0. The summed E-state index contributed by atoms with van der Waals surface area (Å²) < 4.78 is 0. The zero-order valence-corrected chi connectivity index (χ0v) is 11.2. The van der Waals surface area contributed by atoms with Crippen LogP contribution in [-0.2, 0) is 0 Å². The van der Waals surface area contributed by atoms with Crippen molar-refractivity contribution in [3.63, 3.8) is 0 Å². The van der Waals surface area contributed by atoms with Crippen LogP contribution in [0.4, 0.5) is 5.69 Å². The van der Waals surface area contributed by atoms with Gasteiger partial charge in [0.2, 0.25) is 0 Å². The van der Waals surface area contributed by atoms with Crippen molar-refractivity contribution in [1.82, 2.24) is 4.90 Å². The van der Waals surface area contributed by atoms with Crippen molar-refractivity contribution in [3.8, 4) is 0 Å². The lowest BCUT2D eigenvalue weighted by Crippen LogP contribution is -2.53. The average Bonchev–Trinajstić information content (AvgIpc) is 2.65. The molecule has 2 heteroatoms. The normalized spacial score (nSPS) is 35.8. The molecule has 0 aromatic heterocycles. The minimum Gasteiger partial charge on any atom is -0.366 e. The van der Waals surface area contributed by atoms with E-state index in [0.29, 0.717) is 18.0 Å². The van der Waals surface area contributed by atoms with Gasteiger partial charge in [-0.15, -0.1) is 0 Å². The SMILES string of the molecule is CC(C)N1C(C)CC2c3ccccc3NC21C. The summed E-state index contributed by atoms with van der Waals surface area (Å²) in [5.74, 6) is 0.635. The Morgan fingerprint density at radius 3 is 2.76 bits per heavy atom. The number of rotatable bonds is 1. The second-order valence-electron chi connectivity index (χ2n) is 6.00. The molecule has 2 heterocycles. The zero-order chi connectivity index (χ0) is 12.2. The van der Waals surface area contributed by atoms with Crippen molar-refractivity contribution < 1.29 is 0 Å². The highest BCUT2D eigenvalue weighted by Crippen LogP contribution is 2.53. The molecular weight excluding hydrogens is 208 g/mol. The van der Waals surface area contributed by atoms with Crippen LogP contribution >= 0.6 is 0 Å². The van der Waals surface area contributed by atoms with Crippen LogP contribution in [0.2, 0.25) is 0 Å². The Balaban J connectivity index is 2.05. The molecular formula is C15H22N2. The first-order chi connectivity index (χ1) is 8.04. The van der Waals surface area contributed by atoms with E-state index in [4.69, 9.17) is 0 Å². The Labute approximate surface area is 104 Å². The average molecular weight is 230 g/mol. The van der Waals surface area contributed by atoms with Gasteiger partial charge in [0, 0.05) is 23.7 Å². The number of anilines is 1. The summed E-state index contributed by atoms with van der Waals surface area (Å²) in [5, 5.41) is 3.76. The number of nitrogens with one attached hydrogen (secondary N) is 1. The van der Waals surface area contributed by atoms with Gasteiger partial charge < -0.3 is 5.32 Å². The first-order valence-electron chi connectivity index (χ1n) is 6.69. The molecule has 0 amide bonds. The Kier molecular flexibility index (Phi) is 2.27. The van der Waals surface area contributed by atoms with Gasteiger partial charge in [-0.3, -0.25) is 4.90 Å². The van der Waals surface area contributed by atoms with Gasteiger partial charge in [0.1, 0.15) is 0 Å². The Bertz CT molecular complexity index is 440. The molecule has 1 saturated heterocycles. The van der Waals surface area contributed by atoms with Crippen molar-refractivity contribution in [1.29, 1.82) is 0 Å². The second kappa shape index (κ2) is 3.49. The predicted octanol–water partition coefficient (Wildman–Crippen LogP) is 3.41. The van der Waals surface area contributed by atoms with Gasteiger partial charge in [0.25, 0.3) is 0 Å². The number of para-hydroxylation sites is 1. The largest absolute Gasteiger partial charge is 0.366 e. The van der Waals surface area contributed by atoms with Crippen LogP contribution in [0, 0.1) is 0 Å². The second-order valence-corrected chi connectivity index (χ2v) is 6.00. The van der Waals surface area contributed by atoms with Gasteiger partial charge in [-0.2, -0.15) is 0 Å². The summed E-state index contributed by atoms with van der Waals surface area (Å²) in [6.45, 7) is 9.32. The monoisotopic (exact) mass is 230 g/mol. The van der Waals surface area contributed by atoms with Crippen molar-refractivity contribution in [2.45, 2.75) is 57.8 Å². The fraction of sp³-hybridized carbons (Fsp3) is 0.600. The molecule has 2 nitrogen and oxygen atoms in total. The molecule has 1 fully saturated rings. The summed E-state index contributed by atoms with van der Waals surface area (Å²) in [6.07, 6.45) is 1.26. The highest BCUT2D eigenvalue weighted by molar-refractivity contribution is 5.62. The van der Waals surface area contributed by atoms with E-state index in [1.165, 1.54) is 17.7 Å². The lowest BCUT2D eigenvalue weighted by atomic mass is 9.90.